The van der Waals surface area contributed by atoms with Gasteiger partial charge in [0, 0.05) is 64.0 Å². The third-order valence-corrected chi connectivity index (χ3v) is 7.93. The summed E-state index contributed by atoms with van der Waals surface area (Å²) in [4.78, 5) is 31.6. The number of para-hydroxylation sites is 1. The molecule has 2 aliphatic heterocycles. The molecular formula is C29H40F3N5O2. The van der Waals surface area contributed by atoms with Gasteiger partial charge in [-0.05, 0) is 49.9 Å². The maximum atomic E-state index is 12.8. The van der Waals surface area contributed by atoms with Crippen LogP contribution in [0.1, 0.15) is 76.0 Å². The maximum Gasteiger partial charge on any atom is 0.435 e. The molecule has 39 heavy (non-hydrogen) atoms. The van der Waals surface area contributed by atoms with Gasteiger partial charge < -0.3 is 9.80 Å². The highest BCUT2D eigenvalue weighted by atomic mass is 19.4. The number of benzene rings is 1. The number of nitrogens with zero attached hydrogens (tertiary/aromatic N) is 5. The van der Waals surface area contributed by atoms with Gasteiger partial charge in [0.05, 0.1) is 0 Å². The van der Waals surface area contributed by atoms with Gasteiger partial charge in [0.15, 0.2) is 5.69 Å². The van der Waals surface area contributed by atoms with Crippen molar-refractivity contribution in [2.24, 2.45) is 0 Å². The second kappa shape index (κ2) is 13.5. The van der Waals surface area contributed by atoms with E-state index in [9.17, 15) is 22.8 Å². The zero-order chi connectivity index (χ0) is 27.8. The lowest BCUT2D eigenvalue weighted by Gasteiger charge is -2.39. The molecule has 10 heteroatoms. The summed E-state index contributed by atoms with van der Waals surface area (Å²) in [7, 11) is 0. The number of halogens is 3. The lowest BCUT2D eigenvalue weighted by atomic mass is 10.0. The Bertz CT molecular complexity index is 1090. The highest BCUT2D eigenvalue weighted by molar-refractivity contribution is 5.92. The quantitative estimate of drug-likeness (QED) is 0.508. The monoisotopic (exact) mass is 547 g/mol. The number of amides is 2. The number of piperidine rings is 1. The molecule has 1 aromatic heterocycles. The minimum Gasteiger partial charge on any atom is -0.343 e. The Balaban J connectivity index is 1.37. The number of hydrogen-bond acceptors (Lipinski definition) is 4. The molecule has 7 nitrogen and oxygen atoms in total. The molecule has 0 saturated carbocycles. The Labute approximate surface area is 228 Å². The molecule has 0 bridgehead atoms. The Kier molecular flexibility index (Phi) is 10.0. The SMILES string of the molecule is CC(=O)N1CCCCCCCCN(C2CCN(C(=O)CCn3ccc(C(F)(F)F)n3)CC2)Cc2ccccc21. The van der Waals surface area contributed by atoms with Crippen LogP contribution in [0, 0.1) is 0 Å². The molecule has 1 fully saturated rings. The van der Waals surface area contributed by atoms with E-state index in [0.29, 0.717) is 19.1 Å². The first-order valence-corrected chi connectivity index (χ1v) is 14.2. The second-order valence-corrected chi connectivity index (χ2v) is 10.7. The number of anilines is 1. The smallest absolute Gasteiger partial charge is 0.343 e. The van der Waals surface area contributed by atoms with Gasteiger partial charge in [-0.3, -0.25) is 19.2 Å². The van der Waals surface area contributed by atoms with Gasteiger partial charge in [0.25, 0.3) is 0 Å². The minimum atomic E-state index is -4.48. The van der Waals surface area contributed by atoms with E-state index >= 15 is 0 Å². The third kappa shape index (κ3) is 8.06. The molecule has 2 aliphatic rings. The number of carbonyl (C=O) groups is 2. The fraction of sp³-hybridized carbons (Fsp3) is 0.621. The highest BCUT2D eigenvalue weighted by Crippen LogP contribution is 2.28. The van der Waals surface area contributed by atoms with Crippen LogP contribution in [0.3, 0.4) is 0 Å². The molecule has 0 spiro atoms. The van der Waals surface area contributed by atoms with Crippen LogP contribution in [-0.2, 0) is 28.9 Å². The normalized spacial score (nSPS) is 19.1. The molecule has 2 aromatic rings. The summed E-state index contributed by atoms with van der Waals surface area (Å²) in [5, 5.41) is 3.55. The van der Waals surface area contributed by atoms with E-state index in [1.54, 1.807) is 6.92 Å². The van der Waals surface area contributed by atoms with Crippen molar-refractivity contribution in [1.29, 1.82) is 0 Å². The van der Waals surface area contributed by atoms with Crippen LogP contribution in [-0.4, -0.2) is 63.6 Å². The fourth-order valence-corrected chi connectivity index (χ4v) is 5.74. The summed E-state index contributed by atoms with van der Waals surface area (Å²) >= 11 is 0. The average molecular weight is 548 g/mol. The molecule has 0 radical (unpaired) electrons. The molecule has 0 aliphatic carbocycles. The molecule has 0 atom stereocenters. The average Bonchev–Trinajstić information content (AvgIpc) is 3.40. The Morgan fingerprint density at radius 3 is 2.26 bits per heavy atom. The van der Waals surface area contributed by atoms with E-state index in [1.807, 2.05) is 28.0 Å². The third-order valence-electron chi connectivity index (χ3n) is 7.93. The largest absolute Gasteiger partial charge is 0.435 e. The van der Waals surface area contributed by atoms with Gasteiger partial charge in [0.1, 0.15) is 0 Å². The molecular weight excluding hydrogens is 507 g/mol. The number of alkyl halides is 3. The number of hydrogen-bond donors (Lipinski definition) is 0. The maximum absolute atomic E-state index is 12.8. The first kappa shape index (κ1) is 29.1. The lowest BCUT2D eigenvalue weighted by molar-refractivity contribution is -0.141. The molecule has 0 N–H and O–H groups in total. The van der Waals surface area contributed by atoms with Crippen molar-refractivity contribution < 1.29 is 22.8 Å². The first-order valence-electron chi connectivity index (χ1n) is 14.2. The Morgan fingerprint density at radius 2 is 1.59 bits per heavy atom. The van der Waals surface area contributed by atoms with Crippen molar-refractivity contribution in [1.82, 2.24) is 19.6 Å². The standard InChI is InChI=1S/C29H40F3N5O2/c1-23(38)37-17-9-5-3-2-4-8-16-35(22-24-10-6-7-11-26(24)37)25-12-18-34(19-13-25)28(39)15-21-36-20-14-27(33-36)29(30,31)32/h6-7,10-11,14,20,25H,2-5,8-9,12-13,15-19,21-22H2,1H3. The van der Waals surface area contributed by atoms with Crippen LogP contribution < -0.4 is 4.90 Å². The number of carbonyl (C=O) groups excluding carboxylic acids is 2. The van der Waals surface area contributed by atoms with Gasteiger partial charge >= 0.3 is 6.18 Å². The van der Waals surface area contributed by atoms with Crippen molar-refractivity contribution >= 4 is 17.5 Å². The molecule has 214 valence electrons. The number of aryl methyl sites for hydroxylation is 1. The van der Waals surface area contributed by atoms with Crippen LogP contribution in [0.4, 0.5) is 18.9 Å². The van der Waals surface area contributed by atoms with Crippen LogP contribution in [0.2, 0.25) is 0 Å². The van der Waals surface area contributed by atoms with E-state index in [2.05, 4.69) is 16.1 Å². The Morgan fingerprint density at radius 1 is 0.923 bits per heavy atom. The van der Waals surface area contributed by atoms with E-state index in [0.717, 1.165) is 69.1 Å². The van der Waals surface area contributed by atoms with E-state index in [-0.39, 0.29) is 24.8 Å². The van der Waals surface area contributed by atoms with Crippen molar-refractivity contribution in [3.63, 3.8) is 0 Å². The van der Waals surface area contributed by atoms with Gasteiger partial charge in [-0.1, -0.05) is 43.9 Å². The predicted octanol–water partition coefficient (Wildman–Crippen LogP) is 5.49. The van der Waals surface area contributed by atoms with Gasteiger partial charge in [-0.25, -0.2) is 0 Å². The first-order chi connectivity index (χ1) is 18.7. The summed E-state index contributed by atoms with van der Waals surface area (Å²) in [6.07, 6.45) is 5.46. The topological polar surface area (TPSA) is 61.7 Å². The van der Waals surface area contributed by atoms with Crippen LogP contribution >= 0.6 is 0 Å². The minimum absolute atomic E-state index is 0.0510. The Hall–Kier alpha value is -2.88. The molecule has 2 amide bonds. The summed E-state index contributed by atoms with van der Waals surface area (Å²) in [5.74, 6) is 0.0188. The lowest BCUT2D eigenvalue weighted by Crippen LogP contribution is -2.47. The van der Waals surface area contributed by atoms with Crippen molar-refractivity contribution in [2.75, 3.05) is 31.1 Å². The molecule has 0 unspecified atom stereocenters. The number of aromatic nitrogens is 2. The van der Waals surface area contributed by atoms with Crippen LogP contribution in [0.25, 0.3) is 0 Å². The predicted molar refractivity (Wildman–Crippen MR) is 144 cm³/mol. The summed E-state index contributed by atoms with van der Waals surface area (Å²) < 4.78 is 39.6. The van der Waals surface area contributed by atoms with Crippen molar-refractivity contribution in [3.05, 3.63) is 47.8 Å². The summed E-state index contributed by atoms with van der Waals surface area (Å²) in [6.45, 7) is 5.52. The van der Waals surface area contributed by atoms with Crippen molar-refractivity contribution in [3.8, 4) is 0 Å². The summed E-state index contributed by atoms with van der Waals surface area (Å²) in [5.41, 5.74) is 1.21. The van der Waals surface area contributed by atoms with Crippen LogP contribution in [0.5, 0.6) is 0 Å². The number of fused-ring (bicyclic) bond motifs is 1. The molecule has 1 aromatic carbocycles. The van der Waals surface area contributed by atoms with Gasteiger partial charge in [-0.2, -0.15) is 18.3 Å². The van der Waals surface area contributed by atoms with E-state index in [1.165, 1.54) is 30.1 Å². The van der Waals surface area contributed by atoms with Crippen LogP contribution in [0.15, 0.2) is 36.5 Å². The molecule has 3 heterocycles. The van der Waals surface area contributed by atoms with Gasteiger partial charge in [0.2, 0.25) is 11.8 Å². The zero-order valence-electron chi connectivity index (χ0n) is 22.8. The van der Waals surface area contributed by atoms with E-state index < -0.39 is 11.9 Å². The fourth-order valence-electron chi connectivity index (χ4n) is 5.74. The van der Waals surface area contributed by atoms with E-state index in [4.69, 9.17) is 0 Å². The van der Waals surface area contributed by atoms with Crippen molar-refractivity contribution in [2.45, 2.75) is 90.0 Å². The van der Waals surface area contributed by atoms with Gasteiger partial charge in [-0.15, -0.1) is 0 Å². The molecule has 4 rings (SSSR count). The number of rotatable bonds is 4. The molecule has 1 saturated heterocycles. The highest BCUT2D eigenvalue weighted by Gasteiger charge is 2.33. The number of likely N-dealkylation sites (tertiary alicyclic amines) is 1. The second-order valence-electron chi connectivity index (χ2n) is 10.7. The summed E-state index contributed by atoms with van der Waals surface area (Å²) in [6, 6.07) is 9.46. The zero-order valence-corrected chi connectivity index (χ0v) is 22.8.